The molecule has 1 aromatic carbocycles. The predicted octanol–water partition coefficient (Wildman–Crippen LogP) is 3.31. The average Bonchev–Trinajstić information content (AvgIpc) is 2.51. The van der Waals surface area contributed by atoms with Crippen molar-refractivity contribution < 1.29 is 23.6 Å². The molecule has 2 aromatic rings. The molecule has 1 N–H and O–H groups in total. The highest BCUT2D eigenvalue weighted by Gasteiger charge is 2.17. The molecular formula is C19H23N2O4+. The summed E-state index contributed by atoms with van der Waals surface area (Å²) in [6.45, 7) is 5.43. The Morgan fingerprint density at radius 3 is 2.24 bits per heavy atom. The van der Waals surface area contributed by atoms with Gasteiger partial charge in [0.25, 0.3) is 0 Å². The molecular weight excluding hydrogens is 320 g/mol. The van der Waals surface area contributed by atoms with Crippen molar-refractivity contribution in [3.8, 4) is 11.1 Å². The maximum atomic E-state index is 11.9. The van der Waals surface area contributed by atoms with Crippen LogP contribution in [-0.2, 0) is 16.5 Å². The van der Waals surface area contributed by atoms with Crippen molar-refractivity contribution in [2.45, 2.75) is 26.4 Å². The zero-order chi connectivity index (χ0) is 18.6. The standard InChI is InChI=1S/C19H22N2O4/c1-19(2,3)25-18(23)20-16-10-15(11-21(4)12-16)13-6-8-14(9-7-13)17(22)24-5/h6-12H,1-5H3/p+1. The second kappa shape index (κ2) is 7.34. The first-order valence-corrected chi connectivity index (χ1v) is 7.87. The van der Waals surface area contributed by atoms with Crippen LogP contribution in [0.2, 0.25) is 0 Å². The van der Waals surface area contributed by atoms with Crippen LogP contribution in [0.25, 0.3) is 11.1 Å². The lowest BCUT2D eigenvalue weighted by Gasteiger charge is -2.19. The van der Waals surface area contributed by atoms with Gasteiger partial charge in [-0.2, -0.15) is 0 Å². The van der Waals surface area contributed by atoms with Gasteiger partial charge in [-0.25, -0.2) is 14.2 Å². The van der Waals surface area contributed by atoms with E-state index in [0.29, 0.717) is 11.3 Å². The number of esters is 1. The fourth-order valence-electron chi connectivity index (χ4n) is 2.28. The molecule has 0 unspecified atom stereocenters. The van der Waals surface area contributed by atoms with E-state index in [1.165, 1.54) is 7.11 Å². The summed E-state index contributed by atoms with van der Waals surface area (Å²) in [5.41, 5.74) is 2.35. The highest BCUT2D eigenvalue weighted by atomic mass is 16.6. The first-order chi connectivity index (χ1) is 11.7. The number of carbonyl (C=O) groups is 2. The van der Waals surface area contributed by atoms with E-state index in [2.05, 4.69) is 5.32 Å². The van der Waals surface area contributed by atoms with Crippen molar-refractivity contribution >= 4 is 17.7 Å². The Kier molecular flexibility index (Phi) is 5.41. The zero-order valence-corrected chi connectivity index (χ0v) is 15.1. The second-order valence-electron chi connectivity index (χ2n) is 6.67. The second-order valence-corrected chi connectivity index (χ2v) is 6.67. The van der Waals surface area contributed by atoms with Crippen LogP contribution in [0.15, 0.2) is 42.7 Å². The average molecular weight is 343 g/mol. The van der Waals surface area contributed by atoms with Gasteiger partial charge in [0.1, 0.15) is 18.3 Å². The van der Waals surface area contributed by atoms with Crippen LogP contribution in [0.5, 0.6) is 0 Å². The van der Waals surface area contributed by atoms with E-state index in [0.717, 1.165) is 11.1 Å². The van der Waals surface area contributed by atoms with Crippen molar-refractivity contribution in [3.05, 3.63) is 48.3 Å². The molecule has 1 heterocycles. The largest absolute Gasteiger partial charge is 0.465 e. The fraction of sp³-hybridized carbons (Fsp3) is 0.316. The Balaban J connectivity index is 2.24. The monoisotopic (exact) mass is 343 g/mol. The van der Waals surface area contributed by atoms with Crippen LogP contribution in [-0.4, -0.2) is 24.8 Å². The molecule has 1 aromatic heterocycles. The van der Waals surface area contributed by atoms with Gasteiger partial charge in [0, 0.05) is 5.56 Å². The van der Waals surface area contributed by atoms with E-state index in [9.17, 15) is 9.59 Å². The third kappa shape index (κ3) is 5.31. The van der Waals surface area contributed by atoms with Gasteiger partial charge in [-0.1, -0.05) is 12.1 Å². The summed E-state index contributed by atoms with van der Waals surface area (Å²) in [6, 6.07) is 8.92. The van der Waals surface area contributed by atoms with Crippen LogP contribution in [0.1, 0.15) is 31.1 Å². The van der Waals surface area contributed by atoms with Gasteiger partial charge < -0.3 is 9.47 Å². The lowest BCUT2D eigenvalue weighted by Crippen LogP contribution is -2.30. The van der Waals surface area contributed by atoms with Gasteiger partial charge in [-0.05, 0) is 44.5 Å². The molecule has 1 amide bonds. The van der Waals surface area contributed by atoms with Crippen molar-refractivity contribution in [3.63, 3.8) is 0 Å². The lowest BCUT2D eigenvalue weighted by molar-refractivity contribution is -0.670. The van der Waals surface area contributed by atoms with Crippen molar-refractivity contribution in [2.75, 3.05) is 12.4 Å². The van der Waals surface area contributed by atoms with Crippen molar-refractivity contribution in [1.29, 1.82) is 0 Å². The molecule has 0 aliphatic carbocycles. The van der Waals surface area contributed by atoms with E-state index in [4.69, 9.17) is 9.47 Å². The molecule has 0 atom stereocenters. The molecule has 6 nitrogen and oxygen atoms in total. The van der Waals surface area contributed by atoms with Gasteiger partial charge in [0.05, 0.1) is 12.7 Å². The lowest BCUT2D eigenvalue weighted by atomic mass is 10.1. The number of pyridine rings is 1. The Morgan fingerprint density at radius 2 is 1.68 bits per heavy atom. The summed E-state index contributed by atoms with van der Waals surface area (Å²) in [5, 5.41) is 2.73. The molecule has 0 aliphatic heterocycles. The maximum Gasteiger partial charge on any atom is 0.412 e. The number of anilines is 1. The summed E-state index contributed by atoms with van der Waals surface area (Å²) >= 11 is 0. The number of benzene rings is 1. The number of amides is 1. The molecule has 0 fully saturated rings. The fourth-order valence-corrected chi connectivity index (χ4v) is 2.28. The Hall–Kier alpha value is -2.89. The SMILES string of the molecule is COC(=O)c1ccc(-c2cc(NC(=O)OC(C)(C)C)c[n+](C)c2)cc1. The van der Waals surface area contributed by atoms with Crippen molar-refractivity contribution in [1.82, 2.24) is 0 Å². The minimum absolute atomic E-state index is 0.377. The number of nitrogens with zero attached hydrogens (tertiary/aromatic N) is 1. The van der Waals surface area contributed by atoms with Gasteiger partial charge in [-0.15, -0.1) is 0 Å². The Bertz CT molecular complexity index is 777. The number of ether oxygens (including phenoxy) is 2. The summed E-state index contributed by atoms with van der Waals surface area (Å²) in [6.07, 6.45) is 3.20. The molecule has 2 rings (SSSR count). The first-order valence-electron chi connectivity index (χ1n) is 7.87. The molecule has 0 saturated carbocycles. The van der Waals surface area contributed by atoms with E-state index >= 15 is 0 Å². The molecule has 0 aliphatic rings. The molecule has 6 heteroatoms. The minimum atomic E-state index is -0.562. The number of nitrogens with one attached hydrogen (secondary N) is 1. The van der Waals surface area contributed by atoms with E-state index < -0.39 is 11.7 Å². The van der Waals surface area contributed by atoms with Crippen molar-refractivity contribution in [2.24, 2.45) is 7.05 Å². The minimum Gasteiger partial charge on any atom is -0.465 e. The van der Waals surface area contributed by atoms with Crippen LogP contribution < -0.4 is 9.88 Å². The zero-order valence-electron chi connectivity index (χ0n) is 15.1. The number of aromatic nitrogens is 1. The summed E-state index contributed by atoms with van der Waals surface area (Å²) < 4.78 is 11.8. The summed E-state index contributed by atoms with van der Waals surface area (Å²) in [5.74, 6) is -0.377. The Labute approximate surface area is 147 Å². The van der Waals surface area contributed by atoms with Gasteiger partial charge >= 0.3 is 12.1 Å². The number of hydrogen-bond donors (Lipinski definition) is 1. The topological polar surface area (TPSA) is 68.5 Å². The van der Waals surface area contributed by atoms with Crippen LogP contribution in [0, 0.1) is 0 Å². The van der Waals surface area contributed by atoms with Crippen LogP contribution in [0.3, 0.4) is 0 Å². The Morgan fingerprint density at radius 1 is 1.04 bits per heavy atom. The van der Waals surface area contributed by atoms with E-state index in [-0.39, 0.29) is 5.97 Å². The number of aryl methyl sites for hydroxylation is 1. The number of methoxy groups -OCH3 is 1. The molecule has 0 spiro atoms. The first kappa shape index (κ1) is 18.4. The van der Waals surface area contributed by atoms with Crippen LogP contribution >= 0.6 is 0 Å². The maximum absolute atomic E-state index is 11.9. The molecule has 25 heavy (non-hydrogen) atoms. The predicted molar refractivity (Wildman–Crippen MR) is 94.3 cm³/mol. The number of rotatable bonds is 3. The smallest absolute Gasteiger partial charge is 0.412 e. The van der Waals surface area contributed by atoms with E-state index in [1.54, 1.807) is 18.3 Å². The summed E-state index contributed by atoms with van der Waals surface area (Å²) in [7, 11) is 3.22. The third-order valence-corrected chi connectivity index (χ3v) is 3.28. The van der Waals surface area contributed by atoms with Gasteiger partial charge in [0.15, 0.2) is 12.4 Å². The highest BCUT2D eigenvalue weighted by molar-refractivity contribution is 5.90. The number of carbonyl (C=O) groups excluding carboxylic acids is 2. The quantitative estimate of drug-likeness (QED) is 0.686. The molecule has 0 radical (unpaired) electrons. The van der Waals surface area contributed by atoms with E-state index in [1.807, 2.05) is 56.8 Å². The molecule has 132 valence electrons. The highest BCUT2D eigenvalue weighted by Crippen LogP contribution is 2.22. The van der Waals surface area contributed by atoms with Gasteiger partial charge in [0.2, 0.25) is 0 Å². The molecule has 0 bridgehead atoms. The van der Waals surface area contributed by atoms with Crippen LogP contribution in [0.4, 0.5) is 10.5 Å². The molecule has 0 saturated heterocycles. The normalized spacial score (nSPS) is 10.9. The third-order valence-electron chi connectivity index (χ3n) is 3.28. The summed E-state index contributed by atoms with van der Waals surface area (Å²) in [4.78, 5) is 23.5. The van der Waals surface area contributed by atoms with Gasteiger partial charge in [-0.3, -0.25) is 5.32 Å². The number of hydrogen-bond acceptors (Lipinski definition) is 4.